The summed E-state index contributed by atoms with van der Waals surface area (Å²) in [5.74, 6) is 0. The minimum atomic E-state index is -0.0477. The molecule has 0 aliphatic carbocycles. The second kappa shape index (κ2) is 8.90. The molecule has 0 aromatic heterocycles. The highest BCUT2D eigenvalue weighted by molar-refractivity contribution is 5.18. The monoisotopic (exact) mass is 276 g/mol. The highest BCUT2D eigenvalue weighted by atomic mass is 16.5. The molecule has 1 unspecified atom stereocenters. The molecule has 0 radical (unpaired) electrons. The molecule has 3 N–H and O–H groups in total. The van der Waals surface area contributed by atoms with Crippen molar-refractivity contribution in [1.82, 2.24) is 5.32 Å². The molecule has 0 saturated heterocycles. The van der Waals surface area contributed by atoms with E-state index >= 15 is 0 Å². The molecule has 0 aliphatic rings. The van der Waals surface area contributed by atoms with Gasteiger partial charge in [-0.25, -0.2) is 0 Å². The first kappa shape index (κ1) is 16.9. The van der Waals surface area contributed by atoms with E-state index in [1.807, 2.05) is 13.0 Å². The van der Waals surface area contributed by atoms with Crippen LogP contribution in [0.3, 0.4) is 0 Å². The van der Waals surface area contributed by atoms with Gasteiger partial charge >= 0.3 is 0 Å². The van der Waals surface area contributed by atoms with E-state index in [1.54, 1.807) is 0 Å². The van der Waals surface area contributed by atoms with E-state index in [0.29, 0.717) is 19.8 Å². The van der Waals surface area contributed by atoms with E-state index in [0.717, 1.165) is 25.0 Å². The minimum Gasteiger partial charge on any atom is -0.376 e. The maximum absolute atomic E-state index is 6.01. The fourth-order valence-corrected chi connectivity index (χ4v) is 2.22. The van der Waals surface area contributed by atoms with E-state index in [-0.39, 0.29) is 5.54 Å². The maximum atomic E-state index is 6.01. The van der Waals surface area contributed by atoms with Crippen LogP contribution in [-0.2, 0) is 11.2 Å². The first-order valence-corrected chi connectivity index (χ1v) is 7.33. The summed E-state index contributed by atoms with van der Waals surface area (Å²) in [5.41, 5.74) is 8.33. The van der Waals surface area contributed by atoms with Gasteiger partial charge in [0, 0.05) is 18.6 Å². The van der Waals surface area contributed by atoms with Crippen molar-refractivity contribution in [3.05, 3.63) is 48.0 Å². The molecule has 0 saturated carbocycles. The predicted molar refractivity (Wildman–Crippen MR) is 85.9 cm³/mol. The Morgan fingerprint density at radius 1 is 1.35 bits per heavy atom. The molecule has 0 bridgehead atoms. The molecule has 0 heterocycles. The van der Waals surface area contributed by atoms with Crippen LogP contribution in [0.1, 0.15) is 25.8 Å². The topological polar surface area (TPSA) is 47.3 Å². The Bertz CT molecular complexity index is 385. The van der Waals surface area contributed by atoms with Crippen LogP contribution in [0.5, 0.6) is 0 Å². The van der Waals surface area contributed by atoms with E-state index in [1.165, 1.54) is 5.56 Å². The molecule has 1 aromatic rings. The van der Waals surface area contributed by atoms with E-state index in [9.17, 15) is 0 Å². The molecular formula is C17H28N2O. The van der Waals surface area contributed by atoms with Gasteiger partial charge in [0.05, 0.1) is 13.2 Å². The standard InChI is InChI=1S/C17H28N2O/c1-4-17(14-18,12-16-8-6-5-7-9-16)19-10-11-20-13-15(2)3/h5-9,19H,2,4,10-14,18H2,1,3H3. The van der Waals surface area contributed by atoms with Gasteiger partial charge in [0.1, 0.15) is 0 Å². The summed E-state index contributed by atoms with van der Waals surface area (Å²) in [6, 6.07) is 10.5. The van der Waals surface area contributed by atoms with E-state index in [4.69, 9.17) is 10.5 Å². The Morgan fingerprint density at radius 2 is 2.05 bits per heavy atom. The van der Waals surface area contributed by atoms with Crippen LogP contribution in [-0.4, -0.2) is 31.8 Å². The highest BCUT2D eigenvalue weighted by Gasteiger charge is 2.25. The Labute approximate surface area is 123 Å². The number of hydrogen-bond donors (Lipinski definition) is 2. The number of hydrogen-bond acceptors (Lipinski definition) is 3. The van der Waals surface area contributed by atoms with Gasteiger partial charge in [-0.05, 0) is 25.3 Å². The van der Waals surface area contributed by atoms with Crippen LogP contribution in [0, 0.1) is 0 Å². The third-order valence-electron chi connectivity index (χ3n) is 3.55. The van der Waals surface area contributed by atoms with Crippen molar-refractivity contribution >= 4 is 0 Å². The van der Waals surface area contributed by atoms with Gasteiger partial charge in [-0.2, -0.15) is 0 Å². The zero-order valence-corrected chi connectivity index (χ0v) is 12.8. The molecule has 1 atom stereocenters. The van der Waals surface area contributed by atoms with Crippen LogP contribution in [0.25, 0.3) is 0 Å². The van der Waals surface area contributed by atoms with Crippen LogP contribution in [0.4, 0.5) is 0 Å². The van der Waals surface area contributed by atoms with Crippen molar-refractivity contribution in [2.75, 3.05) is 26.3 Å². The molecule has 3 heteroatoms. The highest BCUT2D eigenvalue weighted by Crippen LogP contribution is 2.16. The average Bonchev–Trinajstić information content (AvgIpc) is 2.46. The van der Waals surface area contributed by atoms with Gasteiger partial charge in [-0.3, -0.25) is 0 Å². The average molecular weight is 276 g/mol. The number of nitrogens with two attached hydrogens (primary N) is 1. The van der Waals surface area contributed by atoms with Gasteiger partial charge in [-0.15, -0.1) is 0 Å². The molecule has 0 amide bonds. The first-order valence-electron chi connectivity index (χ1n) is 7.33. The molecule has 1 rings (SSSR count). The molecule has 0 fully saturated rings. The van der Waals surface area contributed by atoms with E-state index < -0.39 is 0 Å². The lowest BCUT2D eigenvalue weighted by Gasteiger charge is -2.33. The quantitative estimate of drug-likeness (QED) is 0.510. The van der Waals surface area contributed by atoms with Crippen LogP contribution in [0.2, 0.25) is 0 Å². The number of benzene rings is 1. The second-order valence-electron chi connectivity index (χ2n) is 5.44. The van der Waals surface area contributed by atoms with Crippen molar-refractivity contribution in [1.29, 1.82) is 0 Å². The van der Waals surface area contributed by atoms with Gasteiger partial charge in [0.2, 0.25) is 0 Å². The van der Waals surface area contributed by atoms with Crippen LogP contribution < -0.4 is 11.1 Å². The Morgan fingerprint density at radius 3 is 2.60 bits per heavy atom. The van der Waals surface area contributed by atoms with E-state index in [2.05, 4.69) is 43.1 Å². The third-order valence-corrected chi connectivity index (χ3v) is 3.55. The lowest BCUT2D eigenvalue weighted by molar-refractivity contribution is 0.147. The Balaban J connectivity index is 2.47. The zero-order chi connectivity index (χ0) is 14.8. The summed E-state index contributed by atoms with van der Waals surface area (Å²) in [6.07, 6.45) is 1.94. The second-order valence-corrected chi connectivity index (χ2v) is 5.44. The van der Waals surface area contributed by atoms with Gasteiger partial charge in [0.25, 0.3) is 0 Å². The Hall–Kier alpha value is -1.16. The van der Waals surface area contributed by atoms with Crippen LogP contribution in [0.15, 0.2) is 42.5 Å². The van der Waals surface area contributed by atoms with Crippen molar-refractivity contribution in [2.45, 2.75) is 32.2 Å². The number of rotatable bonds is 10. The summed E-state index contributed by atoms with van der Waals surface area (Å²) in [4.78, 5) is 0. The summed E-state index contributed by atoms with van der Waals surface area (Å²) in [6.45, 7) is 10.7. The molecule has 3 nitrogen and oxygen atoms in total. The molecule has 0 aliphatic heterocycles. The first-order chi connectivity index (χ1) is 9.62. The van der Waals surface area contributed by atoms with Crippen LogP contribution >= 0.6 is 0 Å². The fraction of sp³-hybridized carbons (Fsp3) is 0.529. The maximum Gasteiger partial charge on any atom is 0.0672 e. The number of ether oxygens (including phenoxy) is 1. The number of nitrogens with one attached hydrogen (secondary N) is 1. The Kier molecular flexibility index (Phi) is 7.52. The van der Waals surface area contributed by atoms with Gasteiger partial charge in [0.15, 0.2) is 0 Å². The minimum absolute atomic E-state index is 0.0477. The van der Waals surface area contributed by atoms with Crippen molar-refractivity contribution in [2.24, 2.45) is 5.73 Å². The smallest absolute Gasteiger partial charge is 0.0672 e. The fourth-order valence-electron chi connectivity index (χ4n) is 2.22. The van der Waals surface area contributed by atoms with Gasteiger partial charge < -0.3 is 15.8 Å². The molecular weight excluding hydrogens is 248 g/mol. The summed E-state index contributed by atoms with van der Waals surface area (Å²) >= 11 is 0. The summed E-state index contributed by atoms with van der Waals surface area (Å²) < 4.78 is 5.53. The lowest BCUT2D eigenvalue weighted by Crippen LogP contribution is -2.53. The molecule has 20 heavy (non-hydrogen) atoms. The predicted octanol–water partition coefficient (Wildman–Crippen LogP) is 2.52. The zero-order valence-electron chi connectivity index (χ0n) is 12.8. The lowest BCUT2D eigenvalue weighted by atomic mass is 9.88. The van der Waals surface area contributed by atoms with Gasteiger partial charge in [-0.1, -0.05) is 49.4 Å². The van der Waals surface area contributed by atoms with Crippen molar-refractivity contribution in [3.8, 4) is 0 Å². The molecule has 112 valence electrons. The third kappa shape index (κ3) is 5.87. The SMILES string of the molecule is C=C(C)COCCNC(CC)(CN)Cc1ccccc1. The van der Waals surface area contributed by atoms with Crippen molar-refractivity contribution < 1.29 is 4.74 Å². The summed E-state index contributed by atoms with van der Waals surface area (Å²) in [7, 11) is 0. The molecule has 0 spiro atoms. The normalized spacial score (nSPS) is 13.9. The largest absolute Gasteiger partial charge is 0.376 e. The summed E-state index contributed by atoms with van der Waals surface area (Å²) in [5, 5.41) is 3.58. The molecule has 1 aromatic carbocycles. The van der Waals surface area contributed by atoms with Crippen molar-refractivity contribution in [3.63, 3.8) is 0 Å².